The molecule has 0 spiro atoms. The van der Waals surface area contributed by atoms with Crippen LogP contribution in [0.3, 0.4) is 0 Å². The summed E-state index contributed by atoms with van der Waals surface area (Å²) in [6.07, 6.45) is 4.17. The summed E-state index contributed by atoms with van der Waals surface area (Å²) in [4.78, 5) is 24.3. The molecule has 158 valence electrons. The zero-order valence-electron chi connectivity index (χ0n) is 17.2. The van der Waals surface area contributed by atoms with Crippen molar-refractivity contribution in [3.63, 3.8) is 0 Å². The number of benzene rings is 2. The van der Waals surface area contributed by atoms with Crippen LogP contribution in [-0.4, -0.2) is 22.6 Å². The molecule has 1 atom stereocenters. The summed E-state index contributed by atoms with van der Waals surface area (Å²) in [5, 5.41) is 10.0. The van der Waals surface area contributed by atoms with Crippen molar-refractivity contribution in [2.75, 3.05) is 6.54 Å². The van der Waals surface area contributed by atoms with Crippen LogP contribution in [0.2, 0.25) is 0 Å². The normalized spacial score (nSPS) is 12.0. The van der Waals surface area contributed by atoms with Gasteiger partial charge in [0.05, 0.1) is 16.3 Å². The van der Waals surface area contributed by atoms with Gasteiger partial charge in [0.1, 0.15) is 11.6 Å². The van der Waals surface area contributed by atoms with E-state index in [2.05, 4.69) is 29.4 Å². The van der Waals surface area contributed by atoms with E-state index >= 15 is 0 Å². The molecule has 1 unspecified atom stereocenters. The molecule has 2 N–H and O–H groups in total. The number of halogens is 1. The number of fused-ring (bicyclic) bond motifs is 1. The highest BCUT2D eigenvalue weighted by Gasteiger charge is 2.15. The van der Waals surface area contributed by atoms with E-state index in [4.69, 9.17) is 4.74 Å². The topological polar surface area (TPSA) is 84.1 Å². The van der Waals surface area contributed by atoms with E-state index in [0.29, 0.717) is 23.2 Å². The van der Waals surface area contributed by atoms with Crippen LogP contribution < -0.4 is 15.6 Å². The second kappa shape index (κ2) is 10.0. The molecule has 0 saturated heterocycles. The maximum atomic E-state index is 14.2. The minimum atomic E-state index is -0.626. The molecule has 1 heterocycles. The summed E-state index contributed by atoms with van der Waals surface area (Å²) in [6.45, 7) is 4.84. The lowest BCUT2D eigenvalue weighted by Crippen LogP contribution is -2.25. The number of aromatic nitrogens is 2. The van der Waals surface area contributed by atoms with E-state index in [0.717, 1.165) is 25.7 Å². The molecule has 3 rings (SSSR count). The molecule has 2 aromatic carbocycles. The van der Waals surface area contributed by atoms with E-state index in [9.17, 15) is 14.0 Å². The van der Waals surface area contributed by atoms with Crippen molar-refractivity contribution in [2.24, 2.45) is 5.92 Å². The lowest BCUT2D eigenvalue weighted by molar-refractivity contribution is 0.0948. The summed E-state index contributed by atoms with van der Waals surface area (Å²) in [7, 11) is 0. The van der Waals surface area contributed by atoms with Gasteiger partial charge in [-0.15, -0.1) is 5.10 Å². The number of nitrogens with one attached hydrogen (secondary N) is 2. The Morgan fingerprint density at radius 2 is 1.97 bits per heavy atom. The fourth-order valence-electron chi connectivity index (χ4n) is 3.41. The van der Waals surface area contributed by atoms with Crippen molar-refractivity contribution in [1.29, 1.82) is 0 Å². The first-order valence-electron chi connectivity index (χ1n) is 10.2. The van der Waals surface area contributed by atoms with Crippen molar-refractivity contribution >= 4 is 16.7 Å². The smallest absolute Gasteiger partial charge is 0.272 e. The van der Waals surface area contributed by atoms with Gasteiger partial charge >= 0.3 is 0 Å². The van der Waals surface area contributed by atoms with Gasteiger partial charge in [0.2, 0.25) is 5.88 Å². The number of carbonyl (C=O) groups is 1. The van der Waals surface area contributed by atoms with Gasteiger partial charge in [0.15, 0.2) is 0 Å². The molecule has 0 radical (unpaired) electrons. The third kappa shape index (κ3) is 5.23. The quantitative estimate of drug-likeness (QED) is 0.495. The van der Waals surface area contributed by atoms with Crippen molar-refractivity contribution in [1.82, 2.24) is 15.5 Å². The molecule has 1 aromatic heterocycles. The Kier molecular flexibility index (Phi) is 7.17. The van der Waals surface area contributed by atoms with Gasteiger partial charge in [-0.05, 0) is 49.1 Å². The minimum Gasteiger partial charge on any atom is -0.437 e. The summed E-state index contributed by atoms with van der Waals surface area (Å²) >= 11 is 0. The van der Waals surface area contributed by atoms with E-state index < -0.39 is 11.7 Å². The molecular weight excluding hydrogens is 385 g/mol. The highest BCUT2D eigenvalue weighted by Crippen LogP contribution is 2.26. The molecule has 0 aliphatic carbocycles. The molecule has 0 aliphatic rings. The van der Waals surface area contributed by atoms with Crippen molar-refractivity contribution < 1.29 is 13.9 Å². The molecule has 30 heavy (non-hydrogen) atoms. The van der Waals surface area contributed by atoms with E-state index in [1.807, 2.05) is 0 Å². The SMILES string of the molecule is CCCC(C)CCCNC(=O)c1cc(Oc2n[nH]c(=O)c3ccccc23)ccc1F. The van der Waals surface area contributed by atoms with Gasteiger partial charge in [-0.3, -0.25) is 9.59 Å². The summed E-state index contributed by atoms with van der Waals surface area (Å²) in [5.41, 5.74) is -0.423. The molecule has 3 aromatic rings. The lowest BCUT2D eigenvalue weighted by atomic mass is 10.0. The number of aromatic amines is 1. The Labute approximate surface area is 174 Å². The summed E-state index contributed by atoms with van der Waals surface area (Å²) in [6, 6.07) is 10.8. The predicted octanol–water partition coefficient (Wildman–Crippen LogP) is 4.80. The fourth-order valence-corrected chi connectivity index (χ4v) is 3.41. The number of amides is 1. The molecule has 0 aliphatic heterocycles. The largest absolute Gasteiger partial charge is 0.437 e. The second-order valence-corrected chi connectivity index (χ2v) is 7.44. The van der Waals surface area contributed by atoms with Gasteiger partial charge in [0, 0.05) is 6.54 Å². The maximum Gasteiger partial charge on any atom is 0.272 e. The zero-order valence-corrected chi connectivity index (χ0v) is 17.2. The average molecular weight is 411 g/mol. The highest BCUT2D eigenvalue weighted by molar-refractivity contribution is 5.95. The number of carbonyl (C=O) groups excluding carboxylic acids is 1. The van der Waals surface area contributed by atoms with E-state index in [1.54, 1.807) is 24.3 Å². The number of ether oxygens (including phenoxy) is 1. The standard InChI is InChI=1S/C23H26FN3O3/c1-3-7-15(2)8-6-13-25-21(28)19-14-16(11-12-20(19)24)30-23-18-10-5-4-9-17(18)22(29)26-27-23/h4-5,9-12,14-15H,3,6-8,13H2,1-2H3,(H,25,28)(H,26,29). The van der Waals surface area contributed by atoms with Crippen LogP contribution in [0.5, 0.6) is 11.6 Å². The highest BCUT2D eigenvalue weighted by atomic mass is 19.1. The summed E-state index contributed by atoms with van der Waals surface area (Å²) < 4.78 is 20.0. The zero-order chi connectivity index (χ0) is 21.5. The third-order valence-corrected chi connectivity index (χ3v) is 5.00. The lowest BCUT2D eigenvalue weighted by Gasteiger charge is -2.11. The monoisotopic (exact) mass is 411 g/mol. The van der Waals surface area contributed by atoms with Gasteiger partial charge in [0.25, 0.3) is 11.5 Å². The Morgan fingerprint density at radius 3 is 2.73 bits per heavy atom. The maximum absolute atomic E-state index is 14.2. The van der Waals surface area contributed by atoms with Gasteiger partial charge in [-0.2, -0.15) is 0 Å². The van der Waals surface area contributed by atoms with Crippen molar-refractivity contribution in [2.45, 2.75) is 39.5 Å². The Bertz CT molecular complexity index is 1080. The van der Waals surface area contributed by atoms with Gasteiger partial charge in [-0.25, -0.2) is 9.49 Å². The van der Waals surface area contributed by atoms with Crippen LogP contribution in [0.15, 0.2) is 47.3 Å². The van der Waals surface area contributed by atoms with E-state index in [1.165, 1.54) is 18.2 Å². The third-order valence-electron chi connectivity index (χ3n) is 5.00. The number of H-pyrrole nitrogens is 1. The predicted molar refractivity (Wildman–Crippen MR) is 114 cm³/mol. The molecule has 0 saturated carbocycles. The number of hydrogen-bond donors (Lipinski definition) is 2. The molecule has 0 bridgehead atoms. The molecule has 0 fully saturated rings. The first kappa shape index (κ1) is 21.5. The first-order chi connectivity index (χ1) is 14.5. The first-order valence-corrected chi connectivity index (χ1v) is 10.2. The minimum absolute atomic E-state index is 0.0946. The molecule has 7 heteroatoms. The van der Waals surface area contributed by atoms with Gasteiger partial charge < -0.3 is 10.1 Å². The number of hydrogen-bond acceptors (Lipinski definition) is 4. The van der Waals surface area contributed by atoms with Crippen LogP contribution in [-0.2, 0) is 0 Å². The van der Waals surface area contributed by atoms with Crippen LogP contribution in [0.25, 0.3) is 10.8 Å². The van der Waals surface area contributed by atoms with Crippen LogP contribution in [0, 0.1) is 11.7 Å². The Balaban J connectivity index is 1.71. The van der Waals surface area contributed by atoms with Crippen LogP contribution >= 0.6 is 0 Å². The molecule has 1 amide bonds. The van der Waals surface area contributed by atoms with Gasteiger partial charge in [-0.1, -0.05) is 38.8 Å². The summed E-state index contributed by atoms with van der Waals surface area (Å²) in [5.74, 6) is -0.0743. The fraction of sp³-hybridized carbons (Fsp3) is 0.348. The van der Waals surface area contributed by atoms with E-state index in [-0.39, 0.29) is 22.8 Å². The number of nitrogens with zero attached hydrogens (tertiary/aromatic N) is 1. The molecule has 6 nitrogen and oxygen atoms in total. The second-order valence-electron chi connectivity index (χ2n) is 7.44. The van der Waals surface area contributed by atoms with Crippen molar-refractivity contribution in [3.8, 4) is 11.6 Å². The van der Waals surface area contributed by atoms with Crippen LogP contribution in [0.1, 0.15) is 49.9 Å². The number of rotatable bonds is 9. The Morgan fingerprint density at radius 1 is 1.20 bits per heavy atom. The Hall–Kier alpha value is -3.22. The average Bonchev–Trinajstić information content (AvgIpc) is 2.75. The molecular formula is C23H26FN3O3. The van der Waals surface area contributed by atoms with Crippen LogP contribution in [0.4, 0.5) is 4.39 Å². The van der Waals surface area contributed by atoms with Crippen molar-refractivity contribution in [3.05, 3.63) is 64.2 Å².